The van der Waals surface area contributed by atoms with Crippen molar-refractivity contribution in [2.75, 3.05) is 5.75 Å². The summed E-state index contributed by atoms with van der Waals surface area (Å²) in [5.74, 6) is 0.593. The van der Waals surface area contributed by atoms with E-state index >= 15 is 0 Å². The number of rotatable bonds is 5. The molecule has 0 heterocycles. The van der Waals surface area contributed by atoms with Crippen LogP contribution < -0.4 is 4.72 Å². The molecule has 2 aromatic rings. The van der Waals surface area contributed by atoms with Crippen molar-refractivity contribution < 1.29 is 8.42 Å². The van der Waals surface area contributed by atoms with Gasteiger partial charge in [0.25, 0.3) is 0 Å². The zero-order valence-corrected chi connectivity index (χ0v) is 14.5. The third-order valence-electron chi connectivity index (χ3n) is 4.81. The lowest BCUT2D eigenvalue weighted by Crippen LogP contribution is -2.32. The minimum Gasteiger partial charge on any atom is -0.212 e. The molecule has 0 amide bonds. The second kappa shape index (κ2) is 7.02. The average Bonchev–Trinajstić information content (AvgIpc) is 2.54. The van der Waals surface area contributed by atoms with Crippen molar-refractivity contribution in [1.82, 2.24) is 4.72 Å². The fraction of sp³-hybridized carbons (Fsp3) is 0.474. The first-order valence-electron chi connectivity index (χ1n) is 8.52. The summed E-state index contributed by atoms with van der Waals surface area (Å²) < 4.78 is 27.7. The highest BCUT2D eigenvalue weighted by atomic mass is 32.2. The zero-order chi connectivity index (χ0) is 16.3. The predicted molar refractivity (Wildman–Crippen MR) is 95.9 cm³/mol. The number of sulfonamides is 1. The molecule has 3 nitrogen and oxygen atoms in total. The van der Waals surface area contributed by atoms with E-state index < -0.39 is 10.0 Å². The van der Waals surface area contributed by atoms with Crippen molar-refractivity contribution in [1.29, 1.82) is 0 Å². The van der Waals surface area contributed by atoms with E-state index in [1.54, 1.807) is 0 Å². The molecule has 0 unspecified atom stereocenters. The second-order valence-electron chi connectivity index (χ2n) is 6.73. The molecule has 0 radical (unpaired) electrons. The molecule has 0 aliphatic heterocycles. The molecule has 1 aliphatic carbocycles. The molecule has 1 N–H and O–H groups in total. The molecular formula is C19H25NO2S. The molecule has 124 valence electrons. The standard InChI is InChI=1S/C19H25NO2S/c1-15(18-12-11-17-9-5-6-10-19(17)13-18)20-23(21,22)14-16-7-3-2-4-8-16/h5-6,9-13,15-16,20H,2-4,7-8,14H2,1H3/t15-/m1/s1. The minimum atomic E-state index is -3.23. The molecule has 1 saturated carbocycles. The lowest BCUT2D eigenvalue weighted by atomic mass is 9.91. The summed E-state index contributed by atoms with van der Waals surface area (Å²) in [7, 11) is -3.23. The Bertz CT molecular complexity index is 764. The Balaban J connectivity index is 1.69. The highest BCUT2D eigenvalue weighted by molar-refractivity contribution is 7.89. The van der Waals surface area contributed by atoms with Crippen LogP contribution in [0.5, 0.6) is 0 Å². The largest absolute Gasteiger partial charge is 0.212 e. The molecule has 0 bridgehead atoms. The normalized spacial score (nSPS) is 18.1. The molecule has 1 fully saturated rings. The third-order valence-corrected chi connectivity index (χ3v) is 6.43. The maximum atomic E-state index is 12.4. The predicted octanol–water partition coefficient (Wildman–Crippen LogP) is 4.40. The first-order chi connectivity index (χ1) is 11.0. The van der Waals surface area contributed by atoms with E-state index in [1.807, 2.05) is 25.1 Å². The number of hydrogen-bond acceptors (Lipinski definition) is 2. The summed E-state index contributed by atoms with van der Waals surface area (Å²) in [5, 5.41) is 2.32. The smallest absolute Gasteiger partial charge is 0.212 e. The lowest BCUT2D eigenvalue weighted by Gasteiger charge is -2.23. The van der Waals surface area contributed by atoms with Gasteiger partial charge in [-0.25, -0.2) is 13.1 Å². The Morgan fingerprint density at radius 1 is 1.04 bits per heavy atom. The van der Waals surface area contributed by atoms with Crippen molar-refractivity contribution >= 4 is 20.8 Å². The molecule has 4 heteroatoms. The maximum Gasteiger partial charge on any atom is 0.212 e. The quantitative estimate of drug-likeness (QED) is 0.882. The third kappa shape index (κ3) is 4.33. The maximum absolute atomic E-state index is 12.4. The van der Waals surface area contributed by atoms with Crippen molar-refractivity contribution in [3.63, 3.8) is 0 Å². The van der Waals surface area contributed by atoms with Gasteiger partial charge in [0.1, 0.15) is 0 Å². The van der Waals surface area contributed by atoms with E-state index in [1.165, 1.54) is 24.6 Å². The van der Waals surface area contributed by atoms with E-state index in [2.05, 4.69) is 29.0 Å². The molecule has 0 spiro atoms. The minimum absolute atomic E-state index is 0.201. The summed E-state index contributed by atoms with van der Waals surface area (Å²) in [6.45, 7) is 1.92. The van der Waals surface area contributed by atoms with Gasteiger partial charge in [0.2, 0.25) is 10.0 Å². The van der Waals surface area contributed by atoms with Crippen LogP contribution in [0.1, 0.15) is 50.6 Å². The van der Waals surface area contributed by atoms with E-state index in [0.717, 1.165) is 23.8 Å². The van der Waals surface area contributed by atoms with Crippen LogP contribution in [0.4, 0.5) is 0 Å². The van der Waals surface area contributed by atoms with Crippen LogP contribution in [0.3, 0.4) is 0 Å². The zero-order valence-electron chi connectivity index (χ0n) is 13.7. The summed E-state index contributed by atoms with van der Waals surface area (Å²) in [6.07, 6.45) is 5.68. The summed E-state index contributed by atoms with van der Waals surface area (Å²) in [6, 6.07) is 14.1. The van der Waals surface area contributed by atoms with Gasteiger partial charge in [0, 0.05) is 6.04 Å². The Morgan fingerprint density at radius 2 is 1.74 bits per heavy atom. The highest BCUT2D eigenvalue weighted by Crippen LogP contribution is 2.26. The van der Waals surface area contributed by atoms with Crippen LogP contribution in [0, 0.1) is 5.92 Å². The van der Waals surface area contributed by atoms with Gasteiger partial charge in [-0.05, 0) is 48.1 Å². The van der Waals surface area contributed by atoms with Crippen molar-refractivity contribution in [3.05, 3.63) is 48.0 Å². The highest BCUT2D eigenvalue weighted by Gasteiger charge is 2.23. The van der Waals surface area contributed by atoms with Crippen LogP contribution in [-0.4, -0.2) is 14.2 Å². The van der Waals surface area contributed by atoms with Crippen LogP contribution in [0.2, 0.25) is 0 Å². The molecule has 3 rings (SSSR count). The molecule has 0 aromatic heterocycles. The number of nitrogens with one attached hydrogen (secondary N) is 1. The fourth-order valence-electron chi connectivity index (χ4n) is 3.53. The molecule has 1 atom stereocenters. The monoisotopic (exact) mass is 331 g/mol. The second-order valence-corrected chi connectivity index (χ2v) is 8.53. The molecule has 2 aromatic carbocycles. The van der Waals surface area contributed by atoms with Gasteiger partial charge in [-0.2, -0.15) is 0 Å². The van der Waals surface area contributed by atoms with E-state index in [9.17, 15) is 8.42 Å². The molecule has 0 saturated heterocycles. The Hall–Kier alpha value is -1.39. The van der Waals surface area contributed by atoms with E-state index in [0.29, 0.717) is 5.92 Å². The van der Waals surface area contributed by atoms with Crippen molar-refractivity contribution in [3.8, 4) is 0 Å². The SMILES string of the molecule is C[C@@H](NS(=O)(=O)CC1CCCCC1)c1ccc2ccccc2c1. The molecule has 1 aliphatic rings. The van der Waals surface area contributed by atoms with Crippen LogP contribution in [-0.2, 0) is 10.0 Å². The Morgan fingerprint density at radius 3 is 2.48 bits per heavy atom. The van der Waals surface area contributed by atoms with Crippen LogP contribution in [0.25, 0.3) is 10.8 Å². The van der Waals surface area contributed by atoms with Gasteiger partial charge in [-0.15, -0.1) is 0 Å². The van der Waals surface area contributed by atoms with Crippen molar-refractivity contribution in [2.45, 2.75) is 45.1 Å². The van der Waals surface area contributed by atoms with E-state index in [-0.39, 0.29) is 11.8 Å². The van der Waals surface area contributed by atoms with Gasteiger partial charge in [-0.1, -0.05) is 55.7 Å². The lowest BCUT2D eigenvalue weighted by molar-refractivity contribution is 0.383. The Kier molecular flexibility index (Phi) is 5.02. The van der Waals surface area contributed by atoms with Gasteiger partial charge in [0.05, 0.1) is 5.75 Å². The van der Waals surface area contributed by atoms with Gasteiger partial charge in [-0.3, -0.25) is 0 Å². The topological polar surface area (TPSA) is 46.2 Å². The molecule has 23 heavy (non-hydrogen) atoms. The number of benzene rings is 2. The van der Waals surface area contributed by atoms with Gasteiger partial charge < -0.3 is 0 Å². The first-order valence-corrected chi connectivity index (χ1v) is 10.2. The summed E-state index contributed by atoms with van der Waals surface area (Å²) in [5.41, 5.74) is 1.01. The van der Waals surface area contributed by atoms with Gasteiger partial charge in [0.15, 0.2) is 0 Å². The summed E-state index contributed by atoms with van der Waals surface area (Å²) in [4.78, 5) is 0. The van der Waals surface area contributed by atoms with Crippen LogP contribution >= 0.6 is 0 Å². The van der Waals surface area contributed by atoms with Crippen molar-refractivity contribution in [2.24, 2.45) is 5.92 Å². The number of hydrogen-bond donors (Lipinski definition) is 1. The van der Waals surface area contributed by atoms with E-state index in [4.69, 9.17) is 0 Å². The average molecular weight is 331 g/mol. The van der Waals surface area contributed by atoms with Gasteiger partial charge >= 0.3 is 0 Å². The number of fused-ring (bicyclic) bond motifs is 1. The summed E-state index contributed by atoms with van der Waals surface area (Å²) >= 11 is 0. The Labute approximate surface area is 139 Å². The first kappa shape index (κ1) is 16.5. The molecular weight excluding hydrogens is 306 g/mol. The van der Waals surface area contributed by atoms with Crippen LogP contribution in [0.15, 0.2) is 42.5 Å². The fourth-order valence-corrected chi connectivity index (χ4v) is 5.25.